The highest BCUT2D eigenvalue weighted by molar-refractivity contribution is 8.02. The van der Waals surface area contributed by atoms with Crippen LogP contribution in [0.25, 0.3) is 0 Å². The van der Waals surface area contributed by atoms with E-state index in [0.29, 0.717) is 6.04 Å². The number of hydrogen-bond acceptors (Lipinski definition) is 6. The Morgan fingerprint density at radius 2 is 2.21 bits per heavy atom. The van der Waals surface area contributed by atoms with Crippen molar-refractivity contribution in [2.24, 2.45) is 0 Å². The molecule has 1 unspecified atom stereocenters. The van der Waals surface area contributed by atoms with Crippen molar-refractivity contribution < 1.29 is 4.79 Å². The number of aryl methyl sites for hydroxylation is 1. The van der Waals surface area contributed by atoms with Crippen molar-refractivity contribution in [2.45, 2.75) is 48.2 Å². The summed E-state index contributed by atoms with van der Waals surface area (Å²) < 4.78 is 0.851. The van der Waals surface area contributed by atoms with E-state index in [1.165, 1.54) is 41.5 Å². The second kappa shape index (κ2) is 6.72. The van der Waals surface area contributed by atoms with Crippen molar-refractivity contribution in [3.05, 3.63) is 29.8 Å². The highest BCUT2D eigenvalue weighted by Crippen LogP contribution is 2.34. The van der Waals surface area contributed by atoms with Crippen molar-refractivity contribution in [1.82, 2.24) is 10.2 Å². The fraction of sp³-hybridized carbons (Fsp3) is 0.471. The molecule has 2 aliphatic rings. The van der Waals surface area contributed by atoms with E-state index in [2.05, 4.69) is 21.6 Å². The molecule has 0 radical (unpaired) electrons. The Kier molecular flexibility index (Phi) is 4.45. The third-order valence-corrected chi connectivity index (χ3v) is 6.34. The van der Waals surface area contributed by atoms with Crippen LogP contribution in [0.15, 0.2) is 28.6 Å². The molecule has 0 saturated heterocycles. The number of hydrogen-bond donors (Lipinski definition) is 1. The zero-order valence-electron chi connectivity index (χ0n) is 13.6. The first-order valence-electron chi connectivity index (χ1n) is 8.36. The maximum atomic E-state index is 12.9. The molecule has 0 spiro atoms. The molecule has 1 aromatic carbocycles. The fourth-order valence-corrected chi connectivity index (χ4v) is 4.94. The number of nitrogens with zero attached hydrogens (tertiary/aromatic N) is 3. The van der Waals surface area contributed by atoms with Crippen molar-refractivity contribution >= 4 is 39.8 Å². The number of amides is 1. The first-order valence-corrected chi connectivity index (χ1v) is 10.1. The van der Waals surface area contributed by atoms with E-state index in [0.717, 1.165) is 34.5 Å². The molecular formula is C17H20N4OS2. The van der Waals surface area contributed by atoms with Crippen LogP contribution in [0.2, 0.25) is 0 Å². The average molecular weight is 361 g/mol. The standard InChI is InChI=1S/C17H20N4OS2/c1-11(23-17-20-19-16(24-17)18-13-8-9-13)15(22)21-10-4-6-12-5-2-3-7-14(12)21/h2-3,5,7,11,13H,4,6,8-10H2,1H3,(H,18,19). The second-order valence-electron chi connectivity index (χ2n) is 6.27. The maximum Gasteiger partial charge on any atom is 0.240 e. The lowest BCUT2D eigenvalue weighted by Gasteiger charge is -2.31. The summed E-state index contributed by atoms with van der Waals surface area (Å²) in [5, 5.41) is 12.4. The van der Waals surface area contributed by atoms with E-state index < -0.39 is 0 Å². The Morgan fingerprint density at radius 3 is 3.04 bits per heavy atom. The molecule has 1 atom stereocenters. The summed E-state index contributed by atoms with van der Waals surface area (Å²) in [5.74, 6) is 0.152. The topological polar surface area (TPSA) is 58.1 Å². The van der Waals surface area contributed by atoms with Gasteiger partial charge in [-0.25, -0.2) is 0 Å². The molecule has 2 heterocycles. The number of carbonyl (C=O) groups is 1. The molecule has 0 bridgehead atoms. The van der Waals surface area contributed by atoms with E-state index in [4.69, 9.17) is 0 Å². The second-order valence-corrected chi connectivity index (χ2v) is 8.84. The zero-order valence-corrected chi connectivity index (χ0v) is 15.2. The molecule has 1 fully saturated rings. The van der Waals surface area contributed by atoms with Gasteiger partial charge in [0.2, 0.25) is 11.0 Å². The molecule has 24 heavy (non-hydrogen) atoms. The molecule has 1 amide bonds. The fourth-order valence-electron chi connectivity index (χ4n) is 2.90. The van der Waals surface area contributed by atoms with Crippen molar-refractivity contribution in [2.75, 3.05) is 16.8 Å². The third kappa shape index (κ3) is 3.42. The van der Waals surface area contributed by atoms with Crippen LogP contribution in [0.5, 0.6) is 0 Å². The molecule has 1 aliphatic heterocycles. The van der Waals surface area contributed by atoms with Gasteiger partial charge >= 0.3 is 0 Å². The number of fused-ring (bicyclic) bond motifs is 1. The molecule has 7 heteroatoms. The average Bonchev–Trinajstić information content (AvgIpc) is 3.31. The lowest BCUT2D eigenvalue weighted by atomic mass is 10.0. The Morgan fingerprint density at radius 1 is 1.38 bits per heavy atom. The van der Waals surface area contributed by atoms with Crippen LogP contribution in [-0.2, 0) is 11.2 Å². The van der Waals surface area contributed by atoms with E-state index in [9.17, 15) is 4.79 Å². The van der Waals surface area contributed by atoms with Crippen LogP contribution in [0, 0.1) is 0 Å². The first-order chi connectivity index (χ1) is 11.7. The predicted octanol–water partition coefficient (Wildman–Crippen LogP) is 3.57. The van der Waals surface area contributed by atoms with Gasteiger partial charge in [-0.15, -0.1) is 10.2 Å². The Hall–Kier alpha value is -1.60. The molecule has 1 N–H and O–H groups in total. The number of aromatic nitrogens is 2. The van der Waals surface area contributed by atoms with Crippen LogP contribution in [0.4, 0.5) is 10.8 Å². The lowest BCUT2D eigenvalue weighted by Crippen LogP contribution is -2.40. The highest BCUT2D eigenvalue weighted by atomic mass is 32.2. The number of para-hydroxylation sites is 1. The molecule has 1 aliphatic carbocycles. The molecule has 126 valence electrons. The normalized spacial score (nSPS) is 18.1. The Bertz CT molecular complexity index is 744. The Labute approximate surface area is 149 Å². The monoisotopic (exact) mass is 360 g/mol. The van der Waals surface area contributed by atoms with Gasteiger partial charge in [0.25, 0.3) is 0 Å². The number of nitrogens with one attached hydrogen (secondary N) is 1. The quantitative estimate of drug-likeness (QED) is 0.826. The van der Waals surface area contributed by atoms with E-state index >= 15 is 0 Å². The van der Waals surface area contributed by atoms with Crippen LogP contribution < -0.4 is 10.2 Å². The first kappa shape index (κ1) is 15.9. The van der Waals surface area contributed by atoms with Crippen LogP contribution >= 0.6 is 23.1 Å². The summed E-state index contributed by atoms with van der Waals surface area (Å²) in [6, 6.07) is 8.78. The minimum absolute atomic E-state index is 0.152. The van der Waals surface area contributed by atoms with Gasteiger partial charge < -0.3 is 10.2 Å². The van der Waals surface area contributed by atoms with Gasteiger partial charge in [0.15, 0.2) is 4.34 Å². The number of carbonyl (C=O) groups excluding carboxylic acids is 1. The third-order valence-electron chi connectivity index (χ3n) is 4.31. The molecule has 2 aromatic rings. The number of benzene rings is 1. The van der Waals surface area contributed by atoms with Crippen molar-refractivity contribution in [1.29, 1.82) is 0 Å². The molecule has 1 aromatic heterocycles. The SMILES string of the molecule is CC(Sc1nnc(NC2CC2)s1)C(=O)N1CCCc2ccccc21. The Balaban J connectivity index is 1.43. The summed E-state index contributed by atoms with van der Waals surface area (Å²) >= 11 is 3.04. The zero-order chi connectivity index (χ0) is 16.5. The van der Waals surface area contributed by atoms with Crippen molar-refractivity contribution in [3.63, 3.8) is 0 Å². The van der Waals surface area contributed by atoms with Gasteiger partial charge in [-0.2, -0.15) is 0 Å². The summed E-state index contributed by atoms with van der Waals surface area (Å²) in [6.07, 6.45) is 4.50. The van der Waals surface area contributed by atoms with E-state index in [-0.39, 0.29) is 11.2 Å². The van der Waals surface area contributed by atoms with Gasteiger partial charge in [0.05, 0.1) is 5.25 Å². The lowest BCUT2D eigenvalue weighted by molar-refractivity contribution is -0.117. The molecular weight excluding hydrogens is 340 g/mol. The van der Waals surface area contributed by atoms with Crippen LogP contribution in [0.1, 0.15) is 31.7 Å². The maximum absolute atomic E-state index is 12.9. The van der Waals surface area contributed by atoms with E-state index in [1.54, 1.807) is 0 Å². The minimum atomic E-state index is -0.169. The number of rotatable bonds is 5. The predicted molar refractivity (Wildman–Crippen MR) is 99.0 cm³/mol. The highest BCUT2D eigenvalue weighted by Gasteiger charge is 2.28. The largest absolute Gasteiger partial charge is 0.357 e. The van der Waals surface area contributed by atoms with Crippen molar-refractivity contribution in [3.8, 4) is 0 Å². The summed E-state index contributed by atoms with van der Waals surface area (Å²) in [4.78, 5) is 14.8. The van der Waals surface area contributed by atoms with Gasteiger partial charge in [-0.3, -0.25) is 4.79 Å². The van der Waals surface area contributed by atoms with Gasteiger partial charge in [-0.1, -0.05) is 41.3 Å². The summed E-state index contributed by atoms with van der Waals surface area (Å²) in [6.45, 7) is 2.75. The number of anilines is 2. The molecule has 5 nitrogen and oxygen atoms in total. The van der Waals surface area contributed by atoms with Gasteiger partial charge in [-0.05, 0) is 44.2 Å². The smallest absolute Gasteiger partial charge is 0.240 e. The van der Waals surface area contributed by atoms with Crippen LogP contribution in [0.3, 0.4) is 0 Å². The van der Waals surface area contributed by atoms with Gasteiger partial charge in [0.1, 0.15) is 0 Å². The minimum Gasteiger partial charge on any atom is -0.357 e. The van der Waals surface area contributed by atoms with E-state index in [1.807, 2.05) is 30.0 Å². The van der Waals surface area contributed by atoms with Crippen LogP contribution in [-0.4, -0.2) is 33.9 Å². The molecule has 1 saturated carbocycles. The van der Waals surface area contributed by atoms with Gasteiger partial charge in [0, 0.05) is 18.3 Å². The molecule has 4 rings (SSSR count). The summed E-state index contributed by atoms with van der Waals surface area (Å²) in [5.41, 5.74) is 2.33. The summed E-state index contributed by atoms with van der Waals surface area (Å²) in [7, 11) is 0. The number of thioether (sulfide) groups is 1.